The molecule has 0 aliphatic heterocycles. The van der Waals surface area contributed by atoms with E-state index < -0.39 is 0 Å². The number of aryl methyl sites for hydroxylation is 1. The number of para-hydroxylation sites is 1. The highest BCUT2D eigenvalue weighted by molar-refractivity contribution is 6.08. The molecule has 0 aliphatic rings. The zero-order chi connectivity index (χ0) is 16.8. The van der Waals surface area contributed by atoms with Gasteiger partial charge in [-0.25, -0.2) is 0 Å². The molecule has 1 heterocycles. The van der Waals surface area contributed by atoms with E-state index >= 15 is 0 Å². The number of aromatic nitrogens is 1. The fraction of sp³-hybridized carbons (Fsp3) is 0.0952. The largest absolute Gasteiger partial charge is 0.488 e. The van der Waals surface area contributed by atoms with Gasteiger partial charge in [0.05, 0.1) is 5.56 Å². The number of hydrogen-bond donors (Lipinski definition) is 0. The summed E-state index contributed by atoms with van der Waals surface area (Å²) in [5, 5.41) is 0. The van der Waals surface area contributed by atoms with Gasteiger partial charge in [0.25, 0.3) is 0 Å². The molecule has 24 heavy (non-hydrogen) atoms. The second-order valence-electron chi connectivity index (χ2n) is 5.51. The Morgan fingerprint density at radius 3 is 2.50 bits per heavy atom. The van der Waals surface area contributed by atoms with Crippen LogP contribution >= 0.6 is 0 Å². The van der Waals surface area contributed by atoms with E-state index in [1.54, 1.807) is 12.1 Å². The average molecular weight is 317 g/mol. The van der Waals surface area contributed by atoms with Crippen LogP contribution in [-0.2, 0) is 13.7 Å². The van der Waals surface area contributed by atoms with Crippen molar-refractivity contribution < 1.29 is 9.53 Å². The molecule has 0 saturated heterocycles. The number of hydrogen-bond acceptors (Lipinski definition) is 2. The van der Waals surface area contributed by atoms with E-state index in [1.807, 2.05) is 84.6 Å². The Morgan fingerprint density at radius 1 is 1.00 bits per heavy atom. The van der Waals surface area contributed by atoms with Crippen LogP contribution in [-0.4, -0.2) is 10.4 Å². The molecule has 0 saturated carbocycles. The van der Waals surface area contributed by atoms with Crippen molar-refractivity contribution in [1.82, 2.24) is 4.57 Å². The van der Waals surface area contributed by atoms with Crippen LogP contribution in [0.1, 0.15) is 21.6 Å². The lowest BCUT2D eigenvalue weighted by Crippen LogP contribution is -2.02. The van der Waals surface area contributed by atoms with Crippen molar-refractivity contribution >= 4 is 11.9 Å². The lowest BCUT2D eigenvalue weighted by atomic mass is 10.1. The summed E-state index contributed by atoms with van der Waals surface area (Å²) in [4.78, 5) is 12.5. The molecule has 3 aromatic rings. The summed E-state index contributed by atoms with van der Waals surface area (Å²) in [6, 6.07) is 21.1. The molecule has 2 aromatic carbocycles. The summed E-state index contributed by atoms with van der Waals surface area (Å²) in [7, 11) is 1.95. The molecular weight excluding hydrogens is 298 g/mol. The highest BCUT2D eigenvalue weighted by Gasteiger charge is 2.09. The quantitative estimate of drug-likeness (QED) is 0.495. The molecule has 0 aliphatic carbocycles. The smallest absolute Gasteiger partial charge is 0.189 e. The Hall–Kier alpha value is -3.07. The molecule has 0 fully saturated rings. The van der Waals surface area contributed by atoms with Crippen molar-refractivity contribution in [2.24, 2.45) is 7.05 Å². The summed E-state index contributed by atoms with van der Waals surface area (Å²) in [6.45, 7) is 0.437. The van der Waals surface area contributed by atoms with Crippen LogP contribution in [0.25, 0.3) is 6.08 Å². The van der Waals surface area contributed by atoms with E-state index in [-0.39, 0.29) is 5.78 Å². The fourth-order valence-corrected chi connectivity index (χ4v) is 2.43. The number of carbonyl (C=O) groups is 1. The van der Waals surface area contributed by atoms with E-state index in [1.165, 1.54) is 0 Å². The molecule has 0 radical (unpaired) electrons. The van der Waals surface area contributed by atoms with Crippen molar-refractivity contribution in [2.75, 3.05) is 0 Å². The molecule has 3 nitrogen and oxygen atoms in total. The van der Waals surface area contributed by atoms with E-state index in [9.17, 15) is 4.79 Å². The van der Waals surface area contributed by atoms with Crippen LogP contribution in [0.5, 0.6) is 5.75 Å². The minimum absolute atomic E-state index is 0.0696. The minimum atomic E-state index is -0.0696. The average Bonchev–Trinajstić information content (AvgIpc) is 3.04. The molecule has 120 valence electrons. The van der Waals surface area contributed by atoms with Gasteiger partial charge in [0, 0.05) is 18.9 Å². The van der Waals surface area contributed by atoms with Gasteiger partial charge >= 0.3 is 0 Å². The van der Waals surface area contributed by atoms with Gasteiger partial charge in [-0.3, -0.25) is 4.79 Å². The summed E-state index contributed by atoms with van der Waals surface area (Å²) < 4.78 is 7.81. The van der Waals surface area contributed by atoms with Gasteiger partial charge in [-0.05, 0) is 42.0 Å². The highest BCUT2D eigenvalue weighted by Crippen LogP contribution is 2.20. The van der Waals surface area contributed by atoms with Gasteiger partial charge in [0.2, 0.25) is 0 Å². The summed E-state index contributed by atoms with van der Waals surface area (Å²) in [5.41, 5.74) is 2.61. The summed E-state index contributed by atoms with van der Waals surface area (Å²) >= 11 is 0. The second kappa shape index (κ2) is 7.47. The standard InChI is InChI=1S/C21H19NO2/c1-22-15-7-10-18(22)13-14-20(23)19-11-5-6-12-21(19)24-16-17-8-3-2-4-9-17/h2-15H,16H2,1H3. The molecule has 3 rings (SSSR count). The van der Waals surface area contributed by atoms with Gasteiger partial charge in [-0.1, -0.05) is 42.5 Å². The Balaban J connectivity index is 1.75. The van der Waals surface area contributed by atoms with Gasteiger partial charge < -0.3 is 9.30 Å². The molecule has 3 heteroatoms. The number of rotatable bonds is 6. The molecule has 0 atom stereocenters. The molecule has 0 unspecified atom stereocenters. The first-order valence-electron chi connectivity index (χ1n) is 7.83. The lowest BCUT2D eigenvalue weighted by molar-refractivity contribution is 0.104. The van der Waals surface area contributed by atoms with E-state index in [0.29, 0.717) is 17.9 Å². The summed E-state index contributed by atoms with van der Waals surface area (Å²) in [5.74, 6) is 0.530. The van der Waals surface area contributed by atoms with Crippen molar-refractivity contribution in [3.63, 3.8) is 0 Å². The third-order valence-electron chi connectivity index (χ3n) is 3.78. The van der Waals surface area contributed by atoms with Crippen LogP contribution in [0.3, 0.4) is 0 Å². The predicted molar refractivity (Wildman–Crippen MR) is 96.0 cm³/mol. The van der Waals surface area contributed by atoms with E-state index in [0.717, 1.165) is 11.3 Å². The number of carbonyl (C=O) groups excluding carboxylic acids is 1. The zero-order valence-corrected chi connectivity index (χ0v) is 13.6. The van der Waals surface area contributed by atoms with E-state index in [2.05, 4.69) is 0 Å². The minimum Gasteiger partial charge on any atom is -0.488 e. The first-order valence-corrected chi connectivity index (χ1v) is 7.83. The third kappa shape index (κ3) is 3.82. The number of allylic oxidation sites excluding steroid dienone is 1. The number of nitrogens with zero attached hydrogens (tertiary/aromatic N) is 1. The van der Waals surface area contributed by atoms with Crippen molar-refractivity contribution in [1.29, 1.82) is 0 Å². The van der Waals surface area contributed by atoms with Crippen molar-refractivity contribution in [3.8, 4) is 5.75 Å². The first kappa shape index (κ1) is 15.8. The SMILES string of the molecule is Cn1cccc1C=CC(=O)c1ccccc1OCc1ccccc1. The Kier molecular flexibility index (Phi) is 4.92. The molecule has 0 amide bonds. The van der Waals surface area contributed by atoms with Crippen LogP contribution < -0.4 is 4.74 Å². The maximum Gasteiger partial charge on any atom is 0.189 e. The van der Waals surface area contributed by atoms with Crippen LogP contribution in [0, 0.1) is 0 Å². The molecule has 0 spiro atoms. The topological polar surface area (TPSA) is 31.2 Å². The lowest BCUT2D eigenvalue weighted by Gasteiger charge is -2.09. The zero-order valence-electron chi connectivity index (χ0n) is 13.6. The third-order valence-corrected chi connectivity index (χ3v) is 3.78. The van der Waals surface area contributed by atoms with Crippen molar-refractivity contribution in [2.45, 2.75) is 6.61 Å². The van der Waals surface area contributed by atoms with E-state index in [4.69, 9.17) is 4.74 Å². The van der Waals surface area contributed by atoms with Gasteiger partial charge in [0.1, 0.15) is 12.4 Å². The highest BCUT2D eigenvalue weighted by atomic mass is 16.5. The maximum absolute atomic E-state index is 12.5. The summed E-state index contributed by atoms with van der Waals surface area (Å²) in [6.07, 6.45) is 5.34. The first-order chi connectivity index (χ1) is 11.7. The van der Waals surface area contributed by atoms with Crippen LogP contribution in [0.4, 0.5) is 0 Å². The normalized spacial score (nSPS) is 10.9. The molecule has 0 bridgehead atoms. The second-order valence-corrected chi connectivity index (χ2v) is 5.51. The van der Waals surface area contributed by atoms with Crippen LogP contribution in [0.2, 0.25) is 0 Å². The van der Waals surface area contributed by atoms with Crippen LogP contribution in [0.15, 0.2) is 79.0 Å². The van der Waals surface area contributed by atoms with Gasteiger partial charge in [-0.15, -0.1) is 0 Å². The van der Waals surface area contributed by atoms with Gasteiger partial charge in [0.15, 0.2) is 5.78 Å². The molecular formula is C21H19NO2. The Morgan fingerprint density at radius 2 is 1.75 bits per heavy atom. The molecule has 1 aromatic heterocycles. The predicted octanol–water partition coefficient (Wildman–Crippen LogP) is 4.50. The Labute approximate surface area is 141 Å². The number of ketones is 1. The monoisotopic (exact) mass is 317 g/mol. The number of benzene rings is 2. The number of ether oxygens (including phenoxy) is 1. The Bertz CT molecular complexity index is 847. The van der Waals surface area contributed by atoms with Gasteiger partial charge in [-0.2, -0.15) is 0 Å². The fourth-order valence-electron chi connectivity index (χ4n) is 2.43. The van der Waals surface area contributed by atoms with Crippen molar-refractivity contribution in [3.05, 3.63) is 95.8 Å². The maximum atomic E-state index is 12.5. The molecule has 0 N–H and O–H groups in total.